The number of sulfonamides is 1. The standard InChI is InChI=1S/C20H19ClN2O6S/c1-22(14-6-3-2-4-7-14)30(27,28)15-9-10-17(21)16(12-15)20(26)29-13-19(25)23-11-5-8-18(23)24/h2-4,6-7,9-10,12H,5,8,11,13H2,1H3. The Kier molecular flexibility index (Phi) is 6.42. The Morgan fingerprint density at radius 1 is 1.17 bits per heavy atom. The molecule has 1 heterocycles. The lowest BCUT2D eigenvalue weighted by molar-refractivity contribution is -0.143. The van der Waals surface area contributed by atoms with Crippen molar-refractivity contribution in [1.29, 1.82) is 0 Å². The fraction of sp³-hybridized carbons (Fsp3) is 0.250. The molecule has 30 heavy (non-hydrogen) atoms. The lowest BCUT2D eigenvalue weighted by Gasteiger charge is -2.20. The number of carbonyl (C=O) groups is 3. The predicted octanol–water partition coefficient (Wildman–Crippen LogP) is 2.47. The van der Waals surface area contributed by atoms with Crippen LogP contribution in [0.15, 0.2) is 53.4 Å². The maximum absolute atomic E-state index is 12.9. The van der Waals surface area contributed by atoms with E-state index in [9.17, 15) is 22.8 Å². The number of imide groups is 1. The Morgan fingerprint density at radius 2 is 1.87 bits per heavy atom. The van der Waals surface area contributed by atoms with Crippen LogP contribution in [-0.4, -0.2) is 51.3 Å². The minimum atomic E-state index is -3.97. The maximum Gasteiger partial charge on any atom is 0.340 e. The van der Waals surface area contributed by atoms with Crippen molar-refractivity contribution in [2.75, 3.05) is 24.5 Å². The number of anilines is 1. The number of esters is 1. The van der Waals surface area contributed by atoms with Crippen molar-refractivity contribution >= 4 is 45.1 Å². The predicted molar refractivity (Wildman–Crippen MR) is 110 cm³/mol. The molecule has 0 aromatic heterocycles. The topological polar surface area (TPSA) is 101 Å². The fourth-order valence-corrected chi connectivity index (χ4v) is 4.37. The molecule has 0 saturated carbocycles. The number of likely N-dealkylation sites (tertiary alicyclic amines) is 1. The van der Waals surface area contributed by atoms with Crippen LogP contribution in [0.5, 0.6) is 0 Å². The van der Waals surface area contributed by atoms with Crippen molar-refractivity contribution < 1.29 is 27.5 Å². The third-order valence-electron chi connectivity index (χ3n) is 4.64. The summed E-state index contributed by atoms with van der Waals surface area (Å²) in [5.74, 6) is -1.90. The van der Waals surface area contributed by atoms with Gasteiger partial charge in [0.15, 0.2) is 6.61 Å². The van der Waals surface area contributed by atoms with Crippen LogP contribution in [0.25, 0.3) is 0 Å². The molecule has 0 spiro atoms. The minimum absolute atomic E-state index is 0.0222. The first-order chi connectivity index (χ1) is 14.2. The highest BCUT2D eigenvalue weighted by Crippen LogP contribution is 2.26. The summed E-state index contributed by atoms with van der Waals surface area (Å²) in [6.07, 6.45) is 0.847. The molecule has 2 aromatic rings. The summed E-state index contributed by atoms with van der Waals surface area (Å²) in [7, 11) is -2.58. The molecular formula is C20H19ClN2O6S. The van der Waals surface area contributed by atoms with Gasteiger partial charge in [-0.15, -0.1) is 0 Å². The smallest absolute Gasteiger partial charge is 0.340 e. The Morgan fingerprint density at radius 3 is 2.50 bits per heavy atom. The molecule has 0 atom stereocenters. The molecule has 0 aliphatic carbocycles. The molecule has 0 N–H and O–H groups in total. The Labute approximate surface area is 179 Å². The van der Waals surface area contributed by atoms with Gasteiger partial charge in [-0.05, 0) is 36.8 Å². The molecular weight excluding hydrogens is 432 g/mol. The summed E-state index contributed by atoms with van der Waals surface area (Å²) in [6, 6.07) is 12.1. The number of amides is 2. The molecule has 1 aliphatic rings. The highest BCUT2D eigenvalue weighted by molar-refractivity contribution is 7.92. The lowest BCUT2D eigenvalue weighted by atomic mass is 10.2. The molecule has 0 radical (unpaired) electrons. The molecule has 0 unspecified atom stereocenters. The van der Waals surface area contributed by atoms with E-state index in [0.717, 1.165) is 15.3 Å². The van der Waals surface area contributed by atoms with Crippen molar-refractivity contribution in [2.45, 2.75) is 17.7 Å². The number of para-hydroxylation sites is 1. The number of halogens is 1. The summed E-state index contributed by atoms with van der Waals surface area (Å²) in [6.45, 7) is -0.350. The molecule has 2 aromatic carbocycles. The van der Waals surface area contributed by atoms with E-state index in [2.05, 4.69) is 0 Å². The van der Waals surface area contributed by atoms with E-state index in [1.54, 1.807) is 30.3 Å². The first-order valence-corrected chi connectivity index (χ1v) is 10.9. The van der Waals surface area contributed by atoms with Gasteiger partial charge in [-0.2, -0.15) is 0 Å². The molecule has 0 bridgehead atoms. The quantitative estimate of drug-likeness (QED) is 0.626. The summed E-state index contributed by atoms with van der Waals surface area (Å²) in [5, 5.41) is -0.0222. The summed E-state index contributed by atoms with van der Waals surface area (Å²) >= 11 is 6.04. The van der Waals surface area contributed by atoms with E-state index < -0.39 is 28.5 Å². The van der Waals surface area contributed by atoms with Gasteiger partial charge < -0.3 is 4.74 Å². The lowest BCUT2D eigenvalue weighted by Crippen LogP contribution is -2.35. The van der Waals surface area contributed by atoms with E-state index in [1.807, 2.05) is 0 Å². The summed E-state index contributed by atoms with van der Waals surface area (Å²) in [5.41, 5.74) is 0.247. The van der Waals surface area contributed by atoms with Gasteiger partial charge in [0, 0.05) is 20.0 Å². The Balaban J connectivity index is 1.78. The van der Waals surface area contributed by atoms with Crippen LogP contribution in [0.1, 0.15) is 23.2 Å². The largest absolute Gasteiger partial charge is 0.452 e. The summed E-state index contributed by atoms with van der Waals surface area (Å²) < 4.78 is 31.9. The van der Waals surface area contributed by atoms with Crippen LogP contribution in [0.3, 0.4) is 0 Å². The van der Waals surface area contributed by atoms with E-state index >= 15 is 0 Å². The third-order valence-corrected chi connectivity index (χ3v) is 6.75. The van der Waals surface area contributed by atoms with Gasteiger partial charge in [0.05, 0.1) is 21.2 Å². The van der Waals surface area contributed by atoms with Crippen LogP contribution >= 0.6 is 11.6 Å². The van der Waals surface area contributed by atoms with Gasteiger partial charge in [0.1, 0.15) is 0 Å². The van der Waals surface area contributed by atoms with E-state index in [1.165, 1.54) is 19.2 Å². The van der Waals surface area contributed by atoms with Crippen LogP contribution < -0.4 is 4.31 Å². The van der Waals surface area contributed by atoms with E-state index in [-0.39, 0.29) is 34.4 Å². The number of hydrogen-bond donors (Lipinski definition) is 0. The monoisotopic (exact) mass is 450 g/mol. The number of hydrogen-bond acceptors (Lipinski definition) is 6. The van der Waals surface area contributed by atoms with Crippen LogP contribution in [0.2, 0.25) is 5.02 Å². The number of carbonyl (C=O) groups excluding carboxylic acids is 3. The van der Waals surface area contributed by atoms with Crippen LogP contribution in [0.4, 0.5) is 5.69 Å². The van der Waals surface area contributed by atoms with Crippen molar-refractivity contribution in [3.8, 4) is 0 Å². The molecule has 158 valence electrons. The molecule has 2 amide bonds. The second-order valence-electron chi connectivity index (χ2n) is 6.57. The SMILES string of the molecule is CN(c1ccccc1)S(=O)(=O)c1ccc(Cl)c(C(=O)OCC(=O)N2CCCC2=O)c1. The van der Waals surface area contributed by atoms with Crippen molar-refractivity contribution in [3.05, 3.63) is 59.1 Å². The number of rotatable bonds is 6. The molecule has 3 rings (SSSR count). The van der Waals surface area contributed by atoms with E-state index in [4.69, 9.17) is 16.3 Å². The highest BCUT2D eigenvalue weighted by Gasteiger charge is 2.28. The maximum atomic E-state index is 12.9. The van der Waals surface area contributed by atoms with E-state index in [0.29, 0.717) is 12.1 Å². The molecule has 8 nitrogen and oxygen atoms in total. The van der Waals surface area contributed by atoms with Crippen molar-refractivity contribution in [2.24, 2.45) is 0 Å². The molecule has 1 saturated heterocycles. The van der Waals surface area contributed by atoms with Gasteiger partial charge in [0.25, 0.3) is 15.9 Å². The second kappa shape index (κ2) is 8.85. The third kappa shape index (κ3) is 4.47. The van der Waals surface area contributed by atoms with Crippen molar-refractivity contribution in [1.82, 2.24) is 4.90 Å². The second-order valence-corrected chi connectivity index (χ2v) is 8.94. The number of nitrogens with zero attached hydrogens (tertiary/aromatic N) is 2. The van der Waals surface area contributed by atoms with Gasteiger partial charge in [0.2, 0.25) is 5.91 Å². The molecule has 1 fully saturated rings. The first kappa shape index (κ1) is 21.8. The highest BCUT2D eigenvalue weighted by atomic mass is 35.5. The zero-order valence-corrected chi connectivity index (χ0v) is 17.6. The first-order valence-electron chi connectivity index (χ1n) is 9.05. The van der Waals surface area contributed by atoms with Crippen LogP contribution in [-0.2, 0) is 24.3 Å². The zero-order chi connectivity index (χ0) is 21.9. The normalized spacial score (nSPS) is 13.9. The Bertz CT molecular complexity index is 1090. The van der Waals surface area contributed by atoms with Gasteiger partial charge >= 0.3 is 5.97 Å². The minimum Gasteiger partial charge on any atom is -0.452 e. The average molecular weight is 451 g/mol. The number of benzene rings is 2. The van der Waals surface area contributed by atoms with Crippen molar-refractivity contribution in [3.63, 3.8) is 0 Å². The zero-order valence-electron chi connectivity index (χ0n) is 16.1. The average Bonchev–Trinajstić information content (AvgIpc) is 3.18. The number of ether oxygens (including phenoxy) is 1. The van der Waals surface area contributed by atoms with Crippen LogP contribution in [0, 0.1) is 0 Å². The fourth-order valence-electron chi connectivity index (χ4n) is 2.95. The Hall–Kier alpha value is -2.91. The van der Waals surface area contributed by atoms with Gasteiger partial charge in [-0.3, -0.25) is 18.8 Å². The van der Waals surface area contributed by atoms with Gasteiger partial charge in [-0.1, -0.05) is 29.8 Å². The summed E-state index contributed by atoms with van der Waals surface area (Å²) in [4.78, 5) is 36.9. The van der Waals surface area contributed by atoms with Gasteiger partial charge in [-0.25, -0.2) is 13.2 Å². The molecule has 1 aliphatic heterocycles. The molecule has 10 heteroatoms.